The maximum Gasteiger partial charge on any atom is 0.352 e. The molecule has 0 fully saturated rings. The first kappa shape index (κ1) is 13.1. The van der Waals surface area contributed by atoms with Crippen LogP contribution in [0.3, 0.4) is 0 Å². The number of nitrogens with zero attached hydrogens (tertiary/aromatic N) is 4. The Balaban J connectivity index is 2.66. The Kier molecular flexibility index (Phi) is 3.45. The minimum atomic E-state index is -0.265. The minimum absolute atomic E-state index is 0.0253. The molecule has 5 nitrogen and oxygen atoms in total. The summed E-state index contributed by atoms with van der Waals surface area (Å²) in [5.74, 6) is 0.899. The SMILES string of the molecule is Cc1nn(-c2ncc(Cl)cc2Cl)c(=O)n1C(C)C. The van der Waals surface area contributed by atoms with Crippen molar-refractivity contribution in [3.8, 4) is 5.82 Å². The highest BCUT2D eigenvalue weighted by atomic mass is 35.5. The molecule has 96 valence electrons. The van der Waals surface area contributed by atoms with Crippen molar-refractivity contribution in [3.05, 3.63) is 38.6 Å². The van der Waals surface area contributed by atoms with Gasteiger partial charge in [-0.1, -0.05) is 23.2 Å². The molecule has 0 aliphatic heterocycles. The predicted octanol–water partition coefficient (Wildman–Crippen LogP) is 2.63. The van der Waals surface area contributed by atoms with Crippen molar-refractivity contribution in [1.29, 1.82) is 0 Å². The van der Waals surface area contributed by atoms with E-state index in [0.29, 0.717) is 10.8 Å². The molecule has 0 atom stereocenters. The summed E-state index contributed by atoms with van der Waals surface area (Å²) in [6.07, 6.45) is 1.43. The van der Waals surface area contributed by atoms with Crippen molar-refractivity contribution in [1.82, 2.24) is 19.3 Å². The number of hydrogen-bond acceptors (Lipinski definition) is 3. The Morgan fingerprint density at radius 2 is 2.00 bits per heavy atom. The molecule has 0 N–H and O–H groups in total. The molecule has 0 aliphatic carbocycles. The van der Waals surface area contributed by atoms with Crippen LogP contribution in [0.15, 0.2) is 17.1 Å². The molecule has 0 saturated carbocycles. The first-order chi connectivity index (χ1) is 8.41. The van der Waals surface area contributed by atoms with Crippen LogP contribution in [0.25, 0.3) is 5.82 Å². The van der Waals surface area contributed by atoms with E-state index < -0.39 is 0 Å². The van der Waals surface area contributed by atoms with Crippen molar-refractivity contribution in [2.45, 2.75) is 26.8 Å². The Labute approximate surface area is 114 Å². The molecule has 0 bridgehead atoms. The fraction of sp³-hybridized carbons (Fsp3) is 0.364. The number of rotatable bonds is 2. The first-order valence-corrected chi connectivity index (χ1v) is 6.17. The average Bonchev–Trinajstić information content (AvgIpc) is 2.54. The summed E-state index contributed by atoms with van der Waals surface area (Å²) in [6, 6.07) is 1.55. The molecule has 0 amide bonds. The highest BCUT2D eigenvalue weighted by Gasteiger charge is 2.16. The molecule has 0 unspecified atom stereocenters. The van der Waals surface area contributed by atoms with Crippen molar-refractivity contribution >= 4 is 23.2 Å². The molecule has 0 saturated heterocycles. The van der Waals surface area contributed by atoms with Crippen molar-refractivity contribution < 1.29 is 0 Å². The van der Waals surface area contributed by atoms with Gasteiger partial charge in [0.05, 0.1) is 10.0 Å². The lowest BCUT2D eigenvalue weighted by Crippen LogP contribution is -2.26. The van der Waals surface area contributed by atoms with Gasteiger partial charge in [0.1, 0.15) is 5.82 Å². The third kappa shape index (κ3) is 2.15. The highest BCUT2D eigenvalue weighted by Crippen LogP contribution is 2.20. The first-order valence-electron chi connectivity index (χ1n) is 5.41. The maximum absolute atomic E-state index is 12.2. The molecule has 0 aromatic carbocycles. The molecule has 2 heterocycles. The van der Waals surface area contributed by atoms with Crippen molar-refractivity contribution in [3.63, 3.8) is 0 Å². The summed E-state index contributed by atoms with van der Waals surface area (Å²) < 4.78 is 2.76. The smallest absolute Gasteiger partial charge is 0.276 e. The standard InChI is InChI=1S/C11H12Cl2N4O/c1-6(2)16-7(3)15-17(11(16)18)10-9(13)4-8(12)5-14-10/h4-6H,1-3H3. The minimum Gasteiger partial charge on any atom is -0.276 e. The van der Waals surface area contributed by atoms with Crippen LogP contribution in [-0.2, 0) is 0 Å². The highest BCUT2D eigenvalue weighted by molar-refractivity contribution is 6.35. The Morgan fingerprint density at radius 1 is 1.33 bits per heavy atom. The number of aryl methyl sites for hydroxylation is 1. The molecule has 0 spiro atoms. The molecule has 0 aliphatic rings. The number of halogens is 2. The third-order valence-corrected chi connectivity index (χ3v) is 2.97. The lowest BCUT2D eigenvalue weighted by atomic mass is 10.4. The van der Waals surface area contributed by atoms with Gasteiger partial charge in [-0.3, -0.25) is 4.57 Å². The van der Waals surface area contributed by atoms with Gasteiger partial charge < -0.3 is 0 Å². The fourth-order valence-electron chi connectivity index (χ4n) is 1.77. The summed E-state index contributed by atoms with van der Waals surface area (Å²) in [5, 5.41) is 4.87. The maximum atomic E-state index is 12.2. The van der Waals surface area contributed by atoms with Gasteiger partial charge in [-0.25, -0.2) is 9.78 Å². The number of aromatic nitrogens is 4. The van der Waals surface area contributed by atoms with Crippen LogP contribution in [0.2, 0.25) is 10.0 Å². The van der Waals surface area contributed by atoms with Crippen LogP contribution in [0.5, 0.6) is 0 Å². The van der Waals surface area contributed by atoms with Gasteiger partial charge in [-0.2, -0.15) is 4.68 Å². The summed E-state index contributed by atoms with van der Waals surface area (Å²) in [4.78, 5) is 16.2. The van der Waals surface area contributed by atoms with Crippen molar-refractivity contribution in [2.75, 3.05) is 0 Å². The van der Waals surface area contributed by atoms with Gasteiger partial charge in [0.2, 0.25) is 0 Å². The largest absolute Gasteiger partial charge is 0.352 e. The molecular weight excluding hydrogens is 275 g/mol. The second-order valence-corrected chi connectivity index (χ2v) is 5.01. The number of pyridine rings is 1. The van der Waals surface area contributed by atoms with Gasteiger partial charge in [0.25, 0.3) is 0 Å². The van der Waals surface area contributed by atoms with Gasteiger partial charge in [0.15, 0.2) is 5.82 Å². The summed E-state index contributed by atoms with van der Waals surface area (Å²) in [7, 11) is 0. The lowest BCUT2D eigenvalue weighted by molar-refractivity contribution is 0.560. The lowest BCUT2D eigenvalue weighted by Gasteiger charge is -2.05. The van der Waals surface area contributed by atoms with E-state index in [1.54, 1.807) is 11.5 Å². The van der Waals surface area contributed by atoms with Gasteiger partial charge >= 0.3 is 5.69 Å². The van der Waals surface area contributed by atoms with E-state index in [-0.39, 0.29) is 22.6 Å². The summed E-state index contributed by atoms with van der Waals surface area (Å²) in [6.45, 7) is 5.59. The van der Waals surface area contributed by atoms with Crippen LogP contribution in [0.1, 0.15) is 25.7 Å². The Bertz CT molecular complexity index is 645. The molecule has 7 heteroatoms. The zero-order valence-electron chi connectivity index (χ0n) is 10.2. The topological polar surface area (TPSA) is 52.7 Å². The molecule has 18 heavy (non-hydrogen) atoms. The second-order valence-electron chi connectivity index (χ2n) is 4.16. The zero-order chi connectivity index (χ0) is 13.4. The fourth-order valence-corrected chi connectivity index (χ4v) is 2.23. The summed E-state index contributed by atoms with van der Waals surface area (Å²) >= 11 is 11.8. The van der Waals surface area contributed by atoms with E-state index in [4.69, 9.17) is 23.2 Å². The van der Waals surface area contributed by atoms with E-state index in [0.717, 1.165) is 0 Å². The monoisotopic (exact) mass is 286 g/mol. The predicted molar refractivity (Wildman–Crippen MR) is 70.8 cm³/mol. The third-order valence-electron chi connectivity index (χ3n) is 2.49. The van der Waals surface area contributed by atoms with Gasteiger partial charge in [-0.15, -0.1) is 5.10 Å². The summed E-state index contributed by atoms with van der Waals surface area (Å²) in [5.41, 5.74) is -0.265. The van der Waals surface area contributed by atoms with E-state index in [1.165, 1.54) is 16.9 Å². The van der Waals surface area contributed by atoms with Gasteiger partial charge in [-0.05, 0) is 26.8 Å². The van der Waals surface area contributed by atoms with Crippen LogP contribution in [-0.4, -0.2) is 19.3 Å². The average molecular weight is 287 g/mol. The second kappa shape index (κ2) is 4.74. The number of hydrogen-bond donors (Lipinski definition) is 0. The van der Waals surface area contributed by atoms with Crippen molar-refractivity contribution in [2.24, 2.45) is 0 Å². The molecule has 0 radical (unpaired) electrons. The quantitative estimate of drug-likeness (QED) is 0.853. The van der Waals surface area contributed by atoms with E-state index in [9.17, 15) is 4.79 Å². The van der Waals surface area contributed by atoms with E-state index >= 15 is 0 Å². The zero-order valence-corrected chi connectivity index (χ0v) is 11.7. The van der Waals surface area contributed by atoms with Crippen LogP contribution in [0.4, 0.5) is 0 Å². The van der Waals surface area contributed by atoms with E-state index in [1.807, 2.05) is 13.8 Å². The molecule has 2 aromatic rings. The Morgan fingerprint density at radius 3 is 2.50 bits per heavy atom. The molecule has 2 aromatic heterocycles. The Hall–Kier alpha value is -1.33. The van der Waals surface area contributed by atoms with Gasteiger partial charge in [0, 0.05) is 12.2 Å². The van der Waals surface area contributed by atoms with E-state index in [2.05, 4.69) is 10.1 Å². The molecular formula is C11H12Cl2N4O. The van der Waals surface area contributed by atoms with Crippen LogP contribution in [0, 0.1) is 6.92 Å². The van der Waals surface area contributed by atoms with Crippen LogP contribution < -0.4 is 5.69 Å². The normalized spacial score (nSPS) is 11.2. The molecule has 2 rings (SSSR count). The van der Waals surface area contributed by atoms with Crippen LogP contribution >= 0.6 is 23.2 Å².